The Labute approximate surface area is 96.7 Å². The first-order valence-electron chi connectivity index (χ1n) is 5.58. The summed E-state index contributed by atoms with van der Waals surface area (Å²) in [5, 5.41) is 0. The SMILES string of the molecule is CC(C)c1cccc(Oc2ccccc2)c1. The molecule has 0 radical (unpaired) electrons. The Balaban J connectivity index is 2.19. The van der Waals surface area contributed by atoms with Gasteiger partial charge in [0, 0.05) is 0 Å². The number of benzene rings is 2. The summed E-state index contributed by atoms with van der Waals surface area (Å²) in [6.07, 6.45) is 0. The van der Waals surface area contributed by atoms with Crippen molar-refractivity contribution < 1.29 is 4.74 Å². The monoisotopic (exact) mass is 212 g/mol. The smallest absolute Gasteiger partial charge is 0.127 e. The van der Waals surface area contributed by atoms with E-state index in [4.69, 9.17) is 4.74 Å². The van der Waals surface area contributed by atoms with Crippen molar-refractivity contribution in [1.29, 1.82) is 0 Å². The molecular weight excluding hydrogens is 196 g/mol. The first kappa shape index (κ1) is 10.7. The molecule has 0 amide bonds. The van der Waals surface area contributed by atoms with Gasteiger partial charge in [0.05, 0.1) is 0 Å². The molecule has 0 aliphatic carbocycles. The van der Waals surface area contributed by atoms with E-state index in [-0.39, 0.29) is 0 Å². The van der Waals surface area contributed by atoms with Gasteiger partial charge in [0.25, 0.3) is 0 Å². The van der Waals surface area contributed by atoms with Crippen LogP contribution in [0.15, 0.2) is 54.6 Å². The summed E-state index contributed by atoms with van der Waals surface area (Å²) in [5.74, 6) is 2.31. The Morgan fingerprint density at radius 2 is 1.50 bits per heavy atom. The molecule has 0 heterocycles. The van der Waals surface area contributed by atoms with Crippen LogP contribution in [-0.2, 0) is 0 Å². The van der Waals surface area contributed by atoms with Gasteiger partial charge in [-0.05, 0) is 35.7 Å². The summed E-state index contributed by atoms with van der Waals surface area (Å²) in [6.45, 7) is 4.36. The second-order valence-corrected chi connectivity index (χ2v) is 4.14. The van der Waals surface area contributed by atoms with Crippen LogP contribution in [0.1, 0.15) is 25.3 Å². The zero-order valence-corrected chi connectivity index (χ0v) is 9.68. The average molecular weight is 212 g/mol. The maximum absolute atomic E-state index is 5.77. The molecule has 0 atom stereocenters. The minimum absolute atomic E-state index is 0.527. The average Bonchev–Trinajstić information content (AvgIpc) is 2.30. The van der Waals surface area contributed by atoms with Crippen LogP contribution in [0, 0.1) is 0 Å². The fourth-order valence-electron chi connectivity index (χ4n) is 1.56. The molecule has 0 aliphatic heterocycles. The molecule has 2 rings (SSSR count). The highest BCUT2D eigenvalue weighted by Gasteiger charge is 2.01. The molecule has 1 heteroatoms. The van der Waals surface area contributed by atoms with E-state index in [9.17, 15) is 0 Å². The number of hydrogen-bond donors (Lipinski definition) is 0. The van der Waals surface area contributed by atoms with Gasteiger partial charge in [-0.2, -0.15) is 0 Å². The second-order valence-electron chi connectivity index (χ2n) is 4.14. The number of hydrogen-bond acceptors (Lipinski definition) is 1. The Morgan fingerprint density at radius 1 is 0.812 bits per heavy atom. The van der Waals surface area contributed by atoms with E-state index >= 15 is 0 Å². The van der Waals surface area contributed by atoms with E-state index in [1.807, 2.05) is 42.5 Å². The highest BCUT2D eigenvalue weighted by atomic mass is 16.5. The van der Waals surface area contributed by atoms with Gasteiger partial charge in [-0.15, -0.1) is 0 Å². The molecule has 0 saturated carbocycles. The summed E-state index contributed by atoms with van der Waals surface area (Å²) >= 11 is 0. The maximum Gasteiger partial charge on any atom is 0.127 e. The molecule has 1 nitrogen and oxygen atoms in total. The topological polar surface area (TPSA) is 9.23 Å². The van der Waals surface area contributed by atoms with E-state index in [2.05, 4.69) is 26.0 Å². The van der Waals surface area contributed by atoms with Gasteiger partial charge in [0.15, 0.2) is 0 Å². The van der Waals surface area contributed by atoms with Crippen LogP contribution in [0.5, 0.6) is 11.5 Å². The fourth-order valence-corrected chi connectivity index (χ4v) is 1.56. The molecule has 0 aromatic heterocycles. The number of rotatable bonds is 3. The van der Waals surface area contributed by atoms with Crippen molar-refractivity contribution in [1.82, 2.24) is 0 Å². The molecule has 0 spiro atoms. The molecule has 0 N–H and O–H groups in total. The molecule has 0 bridgehead atoms. The van der Waals surface area contributed by atoms with Gasteiger partial charge in [-0.1, -0.05) is 44.2 Å². The molecule has 0 unspecified atom stereocenters. The van der Waals surface area contributed by atoms with E-state index in [1.165, 1.54) is 5.56 Å². The molecular formula is C15H16O. The van der Waals surface area contributed by atoms with E-state index in [0.29, 0.717) is 5.92 Å². The summed E-state index contributed by atoms with van der Waals surface area (Å²) in [5.41, 5.74) is 1.30. The summed E-state index contributed by atoms with van der Waals surface area (Å²) in [4.78, 5) is 0. The van der Waals surface area contributed by atoms with Crippen molar-refractivity contribution in [3.05, 3.63) is 60.2 Å². The van der Waals surface area contributed by atoms with Crippen molar-refractivity contribution in [2.75, 3.05) is 0 Å². The van der Waals surface area contributed by atoms with Crippen molar-refractivity contribution in [2.24, 2.45) is 0 Å². The molecule has 82 valence electrons. The van der Waals surface area contributed by atoms with Crippen LogP contribution >= 0.6 is 0 Å². The molecule has 2 aromatic rings. The highest BCUT2D eigenvalue weighted by Crippen LogP contribution is 2.24. The largest absolute Gasteiger partial charge is 0.457 e. The molecule has 0 saturated heterocycles. The summed E-state index contributed by atoms with van der Waals surface area (Å²) in [6, 6.07) is 18.1. The van der Waals surface area contributed by atoms with Gasteiger partial charge in [-0.25, -0.2) is 0 Å². The lowest BCUT2D eigenvalue weighted by Crippen LogP contribution is -1.89. The van der Waals surface area contributed by atoms with Crippen molar-refractivity contribution >= 4 is 0 Å². The van der Waals surface area contributed by atoms with Crippen molar-refractivity contribution in [3.8, 4) is 11.5 Å². The normalized spacial score (nSPS) is 10.4. The van der Waals surface area contributed by atoms with E-state index in [0.717, 1.165) is 11.5 Å². The van der Waals surface area contributed by atoms with Crippen LogP contribution in [0.3, 0.4) is 0 Å². The van der Waals surface area contributed by atoms with Gasteiger partial charge >= 0.3 is 0 Å². The molecule has 2 aromatic carbocycles. The van der Waals surface area contributed by atoms with Crippen LogP contribution in [0.4, 0.5) is 0 Å². The Morgan fingerprint density at radius 3 is 2.19 bits per heavy atom. The van der Waals surface area contributed by atoms with Crippen LogP contribution in [-0.4, -0.2) is 0 Å². The second kappa shape index (κ2) is 4.84. The quantitative estimate of drug-likeness (QED) is 0.722. The highest BCUT2D eigenvalue weighted by molar-refractivity contribution is 5.34. The Hall–Kier alpha value is -1.76. The zero-order valence-electron chi connectivity index (χ0n) is 9.68. The van der Waals surface area contributed by atoms with Crippen LogP contribution < -0.4 is 4.74 Å². The third-order valence-corrected chi connectivity index (χ3v) is 2.50. The van der Waals surface area contributed by atoms with Gasteiger partial charge in [-0.3, -0.25) is 0 Å². The van der Waals surface area contributed by atoms with Gasteiger partial charge in [0.1, 0.15) is 11.5 Å². The van der Waals surface area contributed by atoms with Gasteiger partial charge in [0.2, 0.25) is 0 Å². The lowest BCUT2D eigenvalue weighted by molar-refractivity contribution is 0.481. The summed E-state index contributed by atoms with van der Waals surface area (Å²) < 4.78 is 5.77. The van der Waals surface area contributed by atoms with E-state index in [1.54, 1.807) is 0 Å². The predicted molar refractivity (Wildman–Crippen MR) is 67.0 cm³/mol. The maximum atomic E-state index is 5.77. The van der Waals surface area contributed by atoms with Crippen LogP contribution in [0.2, 0.25) is 0 Å². The molecule has 0 aliphatic rings. The molecule has 0 fully saturated rings. The predicted octanol–water partition coefficient (Wildman–Crippen LogP) is 4.60. The van der Waals surface area contributed by atoms with Crippen molar-refractivity contribution in [3.63, 3.8) is 0 Å². The zero-order chi connectivity index (χ0) is 11.4. The number of para-hydroxylation sites is 1. The third kappa shape index (κ3) is 2.63. The minimum Gasteiger partial charge on any atom is -0.457 e. The van der Waals surface area contributed by atoms with E-state index < -0.39 is 0 Å². The van der Waals surface area contributed by atoms with Crippen LogP contribution in [0.25, 0.3) is 0 Å². The molecule has 16 heavy (non-hydrogen) atoms. The van der Waals surface area contributed by atoms with Gasteiger partial charge < -0.3 is 4.74 Å². The standard InChI is InChI=1S/C15H16O/c1-12(2)13-7-6-10-15(11-13)16-14-8-4-3-5-9-14/h3-12H,1-2H3. The lowest BCUT2D eigenvalue weighted by Gasteiger charge is -2.09. The summed E-state index contributed by atoms with van der Waals surface area (Å²) in [7, 11) is 0. The Bertz CT molecular complexity index is 446. The minimum atomic E-state index is 0.527. The fraction of sp³-hybridized carbons (Fsp3) is 0.200. The Kier molecular flexibility index (Phi) is 3.25. The lowest BCUT2D eigenvalue weighted by atomic mass is 10.0. The van der Waals surface area contributed by atoms with Crippen molar-refractivity contribution in [2.45, 2.75) is 19.8 Å². The first-order chi connectivity index (χ1) is 7.75. The number of ether oxygens (including phenoxy) is 1. The first-order valence-corrected chi connectivity index (χ1v) is 5.58. The third-order valence-electron chi connectivity index (χ3n) is 2.50.